The van der Waals surface area contributed by atoms with Crippen molar-refractivity contribution in [3.8, 4) is 45.5 Å². The summed E-state index contributed by atoms with van der Waals surface area (Å²) < 4.78 is 4.97. The Labute approximate surface area is 356 Å². The van der Waals surface area contributed by atoms with E-state index in [1.54, 1.807) is 0 Å². The largest absolute Gasteiger partial charge is 0.309 e. The Morgan fingerprint density at radius 2 is 0.758 bits per heavy atom. The predicted molar refractivity (Wildman–Crippen MR) is 257 cm³/mol. The Morgan fingerprint density at radius 1 is 0.258 bits per heavy atom. The zero-order chi connectivity index (χ0) is 40.7. The van der Waals surface area contributed by atoms with Crippen LogP contribution >= 0.6 is 0 Å². The quantitative estimate of drug-likeness (QED) is 0.174. The third-order valence-electron chi connectivity index (χ3n) is 12.5. The first-order valence-electron chi connectivity index (χ1n) is 21.0. The molecule has 3 aromatic heterocycles. The van der Waals surface area contributed by atoms with E-state index in [0.29, 0.717) is 17.5 Å². The van der Waals surface area contributed by atoms with Crippen molar-refractivity contribution in [2.75, 3.05) is 0 Å². The van der Waals surface area contributed by atoms with Gasteiger partial charge in [-0.25, -0.2) is 15.0 Å². The second-order valence-electron chi connectivity index (χ2n) is 16.0. The van der Waals surface area contributed by atoms with Crippen LogP contribution in [0.3, 0.4) is 0 Å². The molecule has 0 radical (unpaired) electrons. The lowest BCUT2D eigenvalue weighted by Crippen LogP contribution is -2.00. The van der Waals surface area contributed by atoms with E-state index in [0.717, 1.165) is 44.2 Å². The molecular weight excluding hydrogens is 755 g/mol. The van der Waals surface area contributed by atoms with Crippen LogP contribution in [0.4, 0.5) is 0 Å². The molecule has 0 aliphatic rings. The first-order valence-corrected chi connectivity index (χ1v) is 21.0. The summed E-state index contributed by atoms with van der Waals surface area (Å²) in [4.78, 5) is 15.0. The van der Waals surface area contributed by atoms with Crippen molar-refractivity contribution < 1.29 is 0 Å². The number of fused-ring (bicyclic) bond motifs is 10. The Balaban J connectivity index is 1.06. The fourth-order valence-electron chi connectivity index (χ4n) is 9.69. The van der Waals surface area contributed by atoms with Gasteiger partial charge in [-0.15, -0.1) is 0 Å². The summed E-state index contributed by atoms with van der Waals surface area (Å²) in [6, 6.07) is 75.9. The SMILES string of the molecule is c1ccc(-c2nc(-c3ccccc3)nc(-c3ccc4c(-n5c6ccccc6c6cc7c8ccc9ccccc9c8n(-c8cccc9ccccc89)c7cc65)cccc4c3)n2)cc1. The van der Waals surface area contributed by atoms with E-state index in [9.17, 15) is 0 Å². The number of hydrogen-bond donors (Lipinski definition) is 0. The molecule has 0 unspecified atom stereocenters. The molecular formula is C57H35N5. The van der Waals surface area contributed by atoms with Crippen LogP contribution in [0.2, 0.25) is 0 Å². The van der Waals surface area contributed by atoms with Crippen molar-refractivity contribution in [2.24, 2.45) is 0 Å². The van der Waals surface area contributed by atoms with E-state index >= 15 is 0 Å². The number of para-hydroxylation sites is 1. The fourth-order valence-corrected chi connectivity index (χ4v) is 9.69. The highest BCUT2D eigenvalue weighted by molar-refractivity contribution is 6.24. The van der Waals surface area contributed by atoms with Crippen LogP contribution < -0.4 is 0 Å². The summed E-state index contributed by atoms with van der Waals surface area (Å²) in [6.45, 7) is 0. The average Bonchev–Trinajstić information content (AvgIpc) is 3.85. The summed E-state index contributed by atoms with van der Waals surface area (Å²) >= 11 is 0. The average molecular weight is 790 g/mol. The van der Waals surface area contributed by atoms with Crippen LogP contribution in [0, 0.1) is 0 Å². The Morgan fingerprint density at radius 3 is 1.48 bits per heavy atom. The zero-order valence-corrected chi connectivity index (χ0v) is 33.4. The molecule has 0 bridgehead atoms. The lowest BCUT2D eigenvalue weighted by atomic mass is 10.0. The minimum absolute atomic E-state index is 0.637. The number of hydrogen-bond acceptors (Lipinski definition) is 3. The first kappa shape index (κ1) is 34.5. The van der Waals surface area contributed by atoms with Gasteiger partial charge in [0.25, 0.3) is 0 Å². The van der Waals surface area contributed by atoms with Crippen molar-refractivity contribution in [2.45, 2.75) is 0 Å². The molecule has 5 heteroatoms. The van der Waals surface area contributed by atoms with Crippen LogP contribution in [0.5, 0.6) is 0 Å². The molecule has 0 N–H and O–H groups in total. The molecule has 13 rings (SSSR count). The molecule has 0 atom stereocenters. The smallest absolute Gasteiger partial charge is 0.164 e. The first-order chi connectivity index (χ1) is 30.7. The Hall–Kier alpha value is -8.41. The maximum Gasteiger partial charge on any atom is 0.164 e. The second-order valence-corrected chi connectivity index (χ2v) is 16.0. The van der Waals surface area contributed by atoms with Crippen LogP contribution in [0.15, 0.2) is 212 Å². The highest BCUT2D eigenvalue weighted by atomic mass is 15.0. The highest BCUT2D eigenvalue weighted by Crippen LogP contribution is 2.43. The number of nitrogens with zero attached hydrogens (tertiary/aromatic N) is 5. The minimum Gasteiger partial charge on any atom is -0.309 e. The van der Waals surface area contributed by atoms with Crippen molar-refractivity contribution >= 4 is 75.9 Å². The summed E-state index contributed by atoms with van der Waals surface area (Å²) in [7, 11) is 0. The fraction of sp³-hybridized carbons (Fsp3) is 0. The van der Waals surface area contributed by atoms with Gasteiger partial charge in [0.1, 0.15) is 0 Å². The number of aromatic nitrogens is 5. The maximum atomic E-state index is 5.05. The van der Waals surface area contributed by atoms with Gasteiger partial charge in [-0.3, -0.25) is 0 Å². The molecule has 0 fully saturated rings. The molecule has 0 spiro atoms. The van der Waals surface area contributed by atoms with Crippen LogP contribution in [0.25, 0.3) is 121 Å². The van der Waals surface area contributed by atoms with E-state index in [1.165, 1.54) is 59.8 Å². The third kappa shape index (κ3) is 5.25. The lowest BCUT2D eigenvalue weighted by molar-refractivity contribution is 1.07. The minimum atomic E-state index is 0.637. The molecule has 0 amide bonds. The van der Waals surface area contributed by atoms with Gasteiger partial charge in [0.15, 0.2) is 17.5 Å². The van der Waals surface area contributed by atoms with Gasteiger partial charge in [-0.2, -0.15) is 0 Å². The van der Waals surface area contributed by atoms with Crippen LogP contribution in [-0.2, 0) is 0 Å². The number of benzene rings is 10. The van der Waals surface area contributed by atoms with E-state index in [4.69, 9.17) is 15.0 Å². The third-order valence-corrected chi connectivity index (χ3v) is 12.5. The zero-order valence-electron chi connectivity index (χ0n) is 33.4. The van der Waals surface area contributed by atoms with Crippen molar-refractivity contribution in [3.05, 3.63) is 212 Å². The van der Waals surface area contributed by atoms with Gasteiger partial charge in [-0.05, 0) is 52.6 Å². The second kappa shape index (κ2) is 13.6. The molecule has 5 nitrogen and oxygen atoms in total. The molecule has 10 aromatic carbocycles. The monoisotopic (exact) mass is 789 g/mol. The topological polar surface area (TPSA) is 48.5 Å². The molecule has 13 aromatic rings. The van der Waals surface area contributed by atoms with Gasteiger partial charge in [-0.1, -0.05) is 176 Å². The molecule has 62 heavy (non-hydrogen) atoms. The van der Waals surface area contributed by atoms with E-state index in [-0.39, 0.29) is 0 Å². The van der Waals surface area contributed by atoms with Crippen molar-refractivity contribution in [3.63, 3.8) is 0 Å². The summed E-state index contributed by atoms with van der Waals surface area (Å²) in [5, 5.41) is 12.1. The van der Waals surface area contributed by atoms with Gasteiger partial charge in [0.05, 0.1) is 33.4 Å². The molecule has 3 heterocycles. The molecule has 0 aliphatic heterocycles. The van der Waals surface area contributed by atoms with Crippen molar-refractivity contribution in [1.29, 1.82) is 0 Å². The summed E-state index contributed by atoms with van der Waals surface area (Å²) in [6.07, 6.45) is 0. The molecule has 0 saturated heterocycles. The molecule has 0 saturated carbocycles. The molecule has 288 valence electrons. The molecule has 0 aliphatic carbocycles. The van der Waals surface area contributed by atoms with Gasteiger partial charge < -0.3 is 9.13 Å². The van der Waals surface area contributed by atoms with Gasteiger partial charge >= 0.3 is 0 Å². The summed E-state index contributed by atoms with van der Waals surface area (Å²) in [5.41, 5.74) is 9.82. The maximum absolute atomic E-state index is 5.05. The summed E-state index contributed by atoms with van der Waals surface area (Å²) in [5.74, 6) is 1.93. The normalized spacial score (nSPS) is 11.9. The Kier molecular flexibility index (Phi) is 7.54. The van der Waals surface area contributed by atoms with Crippen LogP contribution in [0.1, 0.15) is 0 Å². The van der Waals surface area contributed by atoms with Crippen molar-refractivity contribution in [1.82, 2.24) is 24.1 Å². The Bertz CT molecular complexity index is 3860. The predicted octanol–water partition coefficient (Wildman–Crippen LogP) is 14.5. The lowest BCUT2D eigenvalue weighted by Gasteiger charge is -2.14. The van der Waals surface area contributed by atoms with E-state index in [1.807, 2.05) is 60.7 Å². The van der Waals surface area contributed by atoms with Gasteiger partial charge in [0, 0.05) is 54.4 Å². The highest BCUT2D eigenvalue weighted by Gasteiger charge is 2.22. The van der Waals surface area contributed by atoms with Crippen LogP contribution in [-0.4, -0.2) is 24.1 Å². The van der Waals surface area contributed by atoms with E-state index in [2.05, 4.69) is 161 Å². The number of rotatable bonds is 5. The van der Waals surface area contributed by atoms with Gasteiger partial charge in [0.2, 0.25) is 0 Å². The van der Waals surface area contributed by atoms with E-state index < -0.39 is 0 Å². The standard InChI is InChI=1S/C57H35N5/c1-3-17-38(18-4-1)55-58-56(39-19-5-2-6-20-39)60-57(59-55)41-30-31-43-40(33-41)22-14-27-49(43)61-51-26-12-11-25-45(51)47-34-48-46-32-29-37-16-8-10-24-44(37)54(46)62(53(48)35-52(47)61)50-28-13-21-36-15-7-9-23-42(36)50/h1-35H.